The van der Waals surface area contributed by atoms with E-state index in [0.29, 0.717) is 67.2 Å². The highest BCUT2D eigenvalue weighted by atomic mass is 32.1. The van der Waals surface area contributed by atoms with Crippen molar-refractivity contribution in [2.45, 2.75) is 78.5 Å². The van der Waals surface area contributed by atoms with Gasteiger partial charge in [-0.15, -0.1) is 0 Å². The monoisotopic (exact) mass is 841 g/mol. The second-order valence-electron chi connectivity index (χ2n) is 17.3. The fourth-order valence-electron chi connectivity index (χ4n) is 10.3. The van der Waals surface area contributed by atoms with Crippen molar-refractivity contribution >= 4 is 52.0 Å². The van der Waals surface area contributed by atoms with E-state index in [1.54, 1.807) is 6.20 Å². The van der Waals surface area contributed by atoms with Crippen LogP contribution in [0.3, 0.4) is 0 Å². The highest BCUT2D eigenvalue weighted by Crippen LogP contribution is 2.58. The van der Waals surface area contributed by atoms with Gasteiger partial charge in [-0.05, 0) is 104 Å². The number of aromatic nitrogens is 4. The van der Waals surface area contributed by atoms with Gasteiger partial charge in [0.1, 0.15) is 5.82 Å². The third-order valence-corrected chi connectivity index (χ3v) is 14.1. The number of carboxylic acid groups (broad SMARTS) is 1. The van der Waals surface area contributed by atoms with Crippen LogP contribution >= 0.6 is 18.9 Å². The SMILES string of the molecule is Cc1c(-c2ccc(N3CCc4cccc(C(=O)Nc5nc6ccccc6s5)c4C3)nc2C(=O)O)cnn1CC12CC(C)CC(C)(CC(OCCNCCP(=O)(O)O)C1)C2. The molecule has 2 fully saturated rings. The van der Waals surface area contributed by atoms with Crippen LogP contribution in [-0.2, 0) is 28.8 Å². The maximum absolute atomic E-state index is 13.6. The molecule has 1 amide bonds. The summed E-state index contributed by atoms with van der Waals surface area (Å²) in [4.78, 5) is 56.1. The molecule has 59 heavy (non-hydrogen) atoms. The average molecular weight is 842 g/mol. The maximum Gasteiger partial charge on any atom is 0.355 e. The smallest absolute Gasteiger partial charge is 0.355 e. The minimum absolute atomic E-state index is 0.0460. The van der Waals surface area contributed by atoms with Crippen molar-refractivity contribution in [3.63, 3.8) is 0 Å². The van der Waals surface area contributed by atoms with Crippen LogP contribution in [0, 0.1) is 23.7 Å². The van der Waals surface area contributed by atoms with Gasteiger partial charge in [0.05, 0.1) is 35.3 Å². The van der Waals surface area contributed by atoms with E-state index in [1.807, 2.05) is 71.1 Å². The molecular formula is C43H52N7O7PS. The normalized spacial score (nSPS) is 23.0. The first-order valence-electron chi connectivity index (χ1n) is 20.3. The number of pyridine rings is 1. The van der Waals surface area contributed by atoms with Crippen molar-refractivity contribution in [3.8, 4) is 11.1 Å². The summed E-state index contributed by atoms with van der Waals surface area (Å²) in [6.45, 7) is 9.61. The van der Waals surface area contributed by atoms with Crippen molar-refractivity contribution in [2.24, 2.45) is 16.7 Å². The number of carbonyl (C=O) groups is 2. The van der Waals surface area contributed by atoms with Gasteiger partial charge < -0.3 is 29.8 Å². The van der Waals surface area contributed by atoms with Gasteiger partial charge in [0, 0.05) is 55.1 Å². The van der Waals surface area contributed by atoms with Gasteiger partial charge in [0.25, 0.3) is 5.91 Å². The number of hydrogen-bond acceptors (Lipinski definition) is 10. The van der Waals surface area contributed by atoms with Crippen LogP contribution in [0.5, 0.6) is 0 Å². The number of nitrogens with zero attached hydrogens (tertiary/aromatic N) is 5. The number of rotatable bonds is 14. The van der Waals surface area contributed by atoms with Crippen LogP contribution in [0.15, 0.2) is 60.8 Å². The molecule has 5 N–H and O–H groups in total. The van der Waals surface area contributed by atoms with Crippen LogP contribution in [-0.4, -0.2) is 85.0 Å². The zero-order valence-corrected chi connectivity index (χ0v) is 35.4. The third-order valence-electron chi connectivity index (χ3n) is 12.3. The molecule has 2 aliphatic carbocycles. The van der Waals surface area contributed by atoms with Crippen LogP contribution < -0.4 is 15.5 Å². The number of nitrogens with one attached hydrogen (secondary N) is 2. The molecule has 0 radical (unpaired) electrons. The first-order chi connectivity index (χ1) is 28.2. The van der Waals surface area contributed by atoms with E-state index in [-0.39, 0.29) is 41.2 Å². The quantitative estimate of drug-likeness (QED) is 0.0562. The first-order valence-corrected chi connectivity index (χ1v) is 22.9. The van der Waals surface area contributed by atoms with Crippen molar-refractivity contribution in [3.05, 3.63) is 88.9 Å². The largest absolute Gasteiger partial charge is 0.476 e. The molecule has 4 unspecified atom stereocenters. The highest BCUT2D eigenvalue weighted by molar-refractivity contribution is 7.51. The molecule has 16 heteroatoms. The van der Waals surface area contributed by atoms with Crippen molar-refractivity contribution in [2.75, 3.05) is 42.6 Å². The molecule has 1 aliphatic heterocycles. The first kappa shape index (κ1) is 41.2. The van der Waals surface area contributed by atoms with Gasteiger partial charge >= 0.3 is 13.6 Å². The Bertz CT molecular complexity index is 2400. The van der Waals surface area contributed by atoms with Crippen LogP contribution in [0.4, 0.5) is 10.9 Å². The molecular weight excluding hydrogens is 790 g/mol. The van der Waals surface area contributed by atoms with E-state index in [2.05, 4.69) is 29.5 Å². The van der Waals surface area contributed by atoms with E-state index < -0.39 is 13.6 Å². The number of fused-ring (bicyclic) bond motifs is 4. The fraction of sp³-hybridized carbons (Fsp3) is 0.465. The van der Waals surface area contributed by atoms with Gasteiger partial charge in [0.15, 0.2) is 10.8 Å². The topological polar surface area (TPSA) is 192 Å². The molecule has 2 bridgehead atoms. The second kappa shape index (κ2) is 16.5. The second-order valence-corrected chi connectivity index (χ2v) is 20.1. The molecule has 2 aromatic carbocycles. The molecule has 3 aliphatic rings. The van der Waals surface area contributed by atoms with Gasteiger partial charge in [-0.1, -0.05) is 49.4 Å². The maximum atomic E-state index is 13.6. The molecule has 2 saturated carbocycles. The van der Waals surface area contributed by atoms with E-state index in [4.69, 9.17) is 24.6 Å². The minimum Gasteiger partial charge on any atom is -0.476 e. The Morgan fingerprint density at radius 3 is 2.64 bits per heavy atom. The molecule has 0 spiro atoms. The molecule has 312 valence electrons. The Kier molecular flexibility index (Phi) is 11.5. The van der Waals surface area contributed by atoms with E-state index in [0.717, 1.165) is 64.7 Å². The molecule has 4 heterocycles. The molecule has 8 rings (SSSR count). The number of thiazole rings is 1. The number of carbonyl (C=O) groups excluding carboxylic acids is 1. The molecule has 14 nitrogen and oxygen atoms in total. The summed E-state index contributed by atoms with van der Waals surface area (Å²) >= 11 is 1.43. The fourth-order valence-corrected chi connectivity index (χ4v) is 11.7. The summed E-state index contributed by atoms with van der Waals surface area (Å²) < 4.78 is 20.6. The van der Waals surface area contributed by atoms with E-state index >= 15 is 0 Å². The minimum atomic E-state index is -4.03. The summed E-state index contributed by atoms with van der Waals surface area (Å²) in [5, 5.41) is 22.0. The van der Waals surface area contributed by atoms with Crippen LogP contribution in [0.1, 0.15) is 83.6 Å². The van der Waals surface area contributed by atoms with Crippen LogP contribution in [0.25, 0.3) is 21.3 Å². The van der Waals surface area contributed by atoms with E-state index in [9.17, 15) is 19.3 Å². The van der Waals surface area contributed by atoms with Gasteiger partial charge in [-0.3, -0.25) is 19.4 Å². The van der Waals surface area contributed by atoms with Crippen LogP contribution in [0.2, 0.25) is 0 Å². The lowest BCUT2D eigenvalue weighted by atomic mass is 9.52. The molecule has 0 saturated heterocycles. The van der Waals surface area contributed by atoms with E-state index in [1.165, 1.54) is 11.3 Å². The number of carboxylic acids is 1. The summed E-state index contributed by atoms with van der Waals surface area (Å²) in [7, 11) is -4.03. The van der Waals surface area contributed by atoms with Crippen molar-refractivity contribution < 1.29 is 33.8 Å². The summed E-state index contributed by atoms with van der Waals surface area (Å²) in [6, 6.07) is 17.2. The predicted octanol–water partition coefficient (Wildman–Crippen LogP) is 7.14. The Hall–Kier alpha value is -4.50. The van der Waals surface area contributed by atoms with Gasteiger partial charge in [-0.2, -0.15) is 5.10 Å². The number of benzene rings is 2. The lowest BCUT2D eigenvalue weighted by Crippen LogP contribution is -2.49. The zero-order chi connectivity index (χ0) is 41.5. The molecule has 5 aromatic rings. The Labute approximate surface area is 347 Å². The molecule has 4 atom stereocenters. The lowest BCUT2D eigenvalue weighted by Gasteiger charge is -2.55. The third kappa shape index (κ3) is 9.15. The zero-order valence-electron chi connectivity index (χ0n) is 33.7. The Morgan fingerprint density at radius 1 is 1.02 bits per heavy atom. The van der Waals surface area contributed by atoms with Crippen molar-refractivity contribution in [1.82, 2.24) is 25.1 Å². The number of para-hydroxylation sites is 1. The highest BCUT2D eigenvalue weighted by Gasteiger charge is 2.51. The number of amides is 1. The number of anilines is 2. The summed E-state index contributed by atoms with van der Waals surface area (Å²) in [5.74, 6) is -0.289. The standard InChI is InChI=1S/C43H52N7O7PS/c1-27-19-42(3)21-30(57-17-14-44-15-18-58(54,55)56)22-43(20-27,25-42)26-50-28(2)33(23-45-50)31-11-12-37(47-38(31)40(52)53)49-16-13-29-7-6-8-32(34(29)24-49)39(51)48-41-46-35-9-4-5-10-36(35)59-41/h4-12,23,27,30,44H,13-22,24-26H2,1-3H3,(H,52,53)(H,46,48,51)(H2,54,55,56). The number of ether oxygens (including phenoxy) is 1. The summed E-state index contributed by atoms with van der Waals surface area (Å²) in [6.07, 6.45) is 7.36. The summed E-state index contributed by atoms with van der Waals surface area (Å²) in [5.41, 5.74) is 5.48. The predicted molar refractivity (Wildman–Crippen MR) is 228 cm³/mol. The Balaban J connectivity index is 0.982. The lowest BCUT2D eigenvalue weighted by molar-refractivity contribution is -0.109. The number of hydrogen-bond donors (Lipinski definition) is 5. The average Bonchev–Trinajstić information content (AvgIpc) is 3.75. The van der Waals surface area contributed by atoms with Crippen molar-refractivity contribution in [1.29, 1.82) is 0 Å². The number of aromatic carboxylic acids is 1. The van der Waals surface area contributed by atoms with Gasteiger partial charge in [-0.25, -0.2) is 14.8 Å². The Morgan fingerprint density at radius 2 is 1.85 bits per heavy atom. The van der Waals surface area contributed by atoms with Gasteiger partial charge in [0.2, 0.25) is 0 Å². The molecule has 3 aromatic heterocycles.